The van der Waals surface area contributed by atoms with Crippen LogP contribution < -0.4 is 37.4 Å². The smallest absolute Gasteiger partial charge is 0.870 e. The first-order valence-corrected chi connectivity index (χ1v) is 6.20. The minimum atomic E-state index is -0.417. The predicted octanol–water partition coefficient (Wildman–Crippen LogP) is -4.63. The van der Waals surface area contributed by atoms with Crippen molar-refractivity contribution in [2.45, 2.75) is 20.0 Å². The molecular weight excluding hydrogens is 300 g/mol. The van der Waals surface area contributed by atoms with Crippen molar-refractivity contribution in [2.75, 3.05) is 52.5 Å². The van der Waals surface area contributed by atoms with E-state index in [1.807, 2.05) is 0 Å². The third kappa shape index (κ3) is 79.0. The van der Waals surface area contributed by atoms with E-state index in [4.69, 9.17) is 11.5 Å². The Morgan fingerprint density at radius 3 is 1.25 bits per heavy atom. The molecule has 0 aliphatic heterocycles. The van der Waals surface area contributed by atoms with Gasteiger partial charge in [0.15, 0.2) is 0 Å². The Morgan fingerprint density at radius 2 is 1.10 bits per heavy atom. The summed E-state index contributed by atoms with van der Waals surface area (Å²) >= 11 is 0. The minimum Gasteiger partial charge on any atom is -0.870 e. The van der Waals surface area contributed by atoms with Crippen LogP contribution in [0.4, 0.5) is 0 Å². The van der Waals surface area contributed by atoms with E-state index in [1.54, 1.807) is 13.8 Å². The zero-order valence-corrected chi connectivity index (χ0v) is 14.1. The van der Waals surface area contributed by atoms with Gasteiger partial charge in [-0.05, 0) is 13.1 Å². The van der Waals surface area contributed by atoms with Crippen LogP contribution in [0.5, 0.6) is 0 Å². The zero-order valence-electron chi connectivity index (χ0n) is 12.6. The fourth-order valence-corrected chi connectivity index (χ4v) is 0.598. The van der Waals surface area contributed by atoms with Crippen LogP contribution in [-0.4, -0.2) is 64.1 Å². The Hall–Kier alpha value is 0.394. The van der Waals surface area contributed by atoms with Gasteiger partial charge in [-0.1, -0.05) is 13.8 Å². The Bertz CT molecular complexity index is 106. The molecule has 0 spiro atoms. The average Bonchev–Trinajstić information content (AvgIpc) is 2.31. The van der Waals surface area contributed by atoms with Crippen molar-refractivity contribution in [3.05, 3.63) is 0 Å². The van der Waals surface area contributed by atoms with Gasteiger partial charge in [0.05, 0.1) is 0 Å². The summed E-state index contributed by atoms with van der Waals surface area (Å²) in [6, 6.07) is 0. The van der Waals surface area contributed by atoms with Crippen molar-refractivity contribution in [1.29, 1.82) is 0 Å². The van der Waals surface area contributed by atoms with Crippen LogP contribution >= 0.6 is 0 Å². The second-order valence-electron chi connectivity index (χ2n) is 3.53. The number of hydrogen-bond donors (Lipinski definition) is 4. The van der Waals surface area contributed by atoms with Crippen LogP contribution in [0.2, 0.25) is 0 Å². The fraction of sp³-hybridized carbons (Fsp3) is 1.00. The first-order chi connectivity index (χ1) is 8.56. The quantitative estimate of drug-likeness (QED) is 0.254. The molecule has 0 unspecified atom stereocenters. The monoisotopic (exact) mass is 330 g/mol. The first kappa shape index (κ1) is 32.4. The maximum absolute atomic E-state index is 9.70. The van der Waals surface area contributed by atoms with Crippen molar-refractivity contribution < 1.29 is 42.5 Å². The van der Waals surface area contributed by atoms with Crippen LogP contribution in [0.1, 0.15) is 13.8 Å². The SMILES string of the molecule is CC(C)[O-].NCCNCC[O-].NCCNCC[O-].[OH-].[Ti+4]. The first-order valence-electron chi connectivity index (χ1n) is 6.20. The fourth-order valence-electron chi connectivity index (χ4n) is 0.598. The van der Waals surface area contributed by atoms with Crippen LogP contribution in [0.15, 0.2) is 0 Å². The van der Waals surface area contributed by atoms with Crippen LogP contribution in [-0.2, 0) is 21.7 Å². The topological polar surface area (TPSA) is 175 Å². The van der Waals surface area contributed by atoms with Crippen molar-refractivity contribution in [3.8, 4) is 0 Å². The molecule has 0 atom stereocenters. The van der Waals surface area contributed by atoms with Gasteiger partial charge in [0.2, 0.25) is 0 Å². The van der Waals surface area contributed by atoms with E-state index in [-0.39, 0.29) is 40.4 Å². The number of nitrogens with two attached hydrogens (primary N) is 2. The molecule has 0 aromatic rings. The molecule has 0 aliphatic rings. The van der Waals surface area contributed by atoms with Gasteiger partial charge in [0.25, 0.3) is 0 Å². The summed E-state index contributed by atoms with van der Waals surface area (Å²) in [4.78, 5) is 0. The maximum Gasteiger partial charge on any atom is 4.00 e. The summed E-state index contributed by atoms with van der Waals surface area (Å²) in [6.45, 7) is 6.92. The molecule has 9 heteroatoms. The summed E-state index contributed by atoms with van der Waals surface area (Å²) in [5.41, 5.74) is 10.2. The van der Waals surface area contributed by atoms with Crippen LogP contribution in [0.25, 0.3) is 0 Å². The van der Waals surface area contributed by atoms with Gasteiger partial charge in [-0.15, -0.1) is 19.3 Å². The second-order valence-corrected chi connectivity index (χ2v) is 3.53. The summed E-state index contributed by atoms with van der Waals surface area (Å²) in [7, 11) is 0. The van der Waals surface area contributed by atoms with Crippen molar-refractivity contribution in [3.63, 3.8) is 0 Å². The molecule has 0 aromatic heterocycles. The minimum absolute atomic E-state index is 0. The second kappa shape index (κ2) is 36.6. The Kier molecular flexibility index (Phi) is 59.2. The molecule has 0 bridgehead atoms. The Morgan fingerprint density at radius 1 is 0.850 bits per heavy atom. The van der Waals surface area contributed by atoms with Gasteiger partial charge in [0, 0.05) is 26.2 Å². The molecule has 0 aromatic carbocycles. The van der Waals surface area contributed by atoms with Gasteiger partial charge < -0.3 is 42.9 Å². The van der Waals surface area contributed by atoms with Crippen molar-refractivity contribution in [2.24, 2.45) is 11.5 Å². The third-order valence-electron chi connectivity index (χ3n) is 1.20. The normalized spacial score (nSPS) is 8.40. The van der Waals surface area contributed by atoms with E-state index in [1.165, 1.54) is 0 Å². The summed E-state index contributed by atoms with van der Waals surface area (Å²) in [5, 5.41) is 34.6. The average molecular weight is 330 g/mol. The van der Waals surface area contributed by atoms with E-state index in [9.17, 15) is 15.3 Å². The van der Waals surface area contributed by atoms with E-state index in [0.29, 0.717) is 26.2 Å². The van der Waals surface area contributed by atoms with Gasteiger partial charge in [0.1, 0.15) is 0 Å². The molecule has 8 nitrogen and oxygen atoms in total. The molecule has 0 fully saturated rings. The molecule has 0 aliphatic carbocycles. The third-order valence-corrected chi connectivity index (χ3v) is 1.20. The van der Waals surface area contributed by atoms with E-state index >= 15 is 0 Å². The van der Waals surface area contributed by atoms with Gasteiger partial charge in [-0.2, -0.15) is 0 Å². The molecule has 0 amide bonds. The van der Waals surface area contributed by atoms with Crippen LogP contribution in [0, 0.1) is 0 Å². The number of rotatable bonds is 8. The van der Waals surface area contributed by atoms with E-state index in [2.05, 4.69) is 10.6 Å². The molecule has 0 heterocycles. The molecule has 0 saturated carbocycles. The van der Waals surface area contributed by atoms with E-state index < -0.39 is 6.10 Å². The van der Waals surface area contributed by atoms with Gasteiger partial charge in [-0.3, -0.25) is 0 Å². The van der Waals surface area contributed by atoms with Gasteiger partial charge in [-0.25, -0.2) is 0 Å². The number of hydrogen-bond acceptors (Lipinski definition) is 8. The Labute approximate surface area is 137 Å². The van der Waals surface area contributed by atoms with Crippen molar-refractivity contribution >= 4 is 0 Å². The molecule has 20 heavy (non-hydrogen) atoms. The van der Waals surface area contributed by atoms with Gasteiger partial charge >= 0.3 is 21.7 Å². The molecular formula is C11H30N4O4Ti. The maximum atomic E-state index is 9.70. The van der Waals surface area contributed by atoms with Crippen LogP contribution in [0.3, 0.4) is 0 Å². The van der Waals surface area contributed by atoms with E-state index in [0.717, 1.165) is 13.1 Å². The summed E-state index contributed by atoms with van der Waals surface area (Å²) in [6.07, 6.45) is -0.417. The zero-order chi connectivity index (χ0) is 14.6. The molecule has 122 valence electrons. The Balaban J connectivity index is -0.0000000555. The largest absolute Gasteiger partial charge is 4.00 e. The molecule has 0 rings (SSSR count). The molecule has 0 radical (unpaired) electrons. The molecule has 0 saturated heterocycles. The predicted molar refractivity (Wildman–Crippen MR) is 70.7 cm³/mol. The number of nitrogens with one attached hydrogen (secondary N) is 2. The summed E-state index contributed by atoms with van der Waals surface area (Å²) in [5.74, 6) is 0. The summed E-state index contributed by atoms with van der Waals surface area (Å²) < 4.78 is 0. The van der Waals surface area contributed by atoms with Crippen molar-refractivity contribution in [1.82, 2.24) is 10.6 Å². The standard InChI is InChI=1S/2C4H11N2O.C3H7O.H2O.Ti/c2*5-1-2-6-3-4-7;1-3(2)4;;/h2*6H,1-5H2;3H,1-2H3;1H2;/q3*-1;;+4/p-1. The molecule has 7 N–H and O–H groups in total.